The summed E-state index contributed by atoms with van der Waals surface area (Å²) >= 11 is 6.08. The molecule has 1 saturated heterocycles. The van der Waals surface area contributed by atoms with E-state index in [0.717, 1.165) is 37.3 Å². The van der Waals surface area contributed by atoms with Gasteiger partial charge in [-0.25, -0.2) is 9.97 Å². The van der Waals surface area contributed by atoms with Crippen LogP contribution in [-0.4, -0.2) is 71.3 Å². The molecule has 1 amide bonds. The SMILES string of the molecule is CC(O)CNCC[C@@H](C(=O)N1CCN(c2ncnc3c2[C@H](C)CC3)CC1)c1ccc(Cl)cc1. The lowest BCUT2D eigenvalue weighted by Crippen LogP contribution is -2.50. The molecule has 1 aromatic heterocycles. The predicted molar refractivity (Wildman–Crippen MR) is 131 cm³/mol. The van der Waals surface area contributed by atoms with Crippen molar-refractivity contribution < 1.29 is 9.90 Å². The topological polar surface area (TPSA) is 81.6 Å². The summed E-state index contributed by atoms with van der Waals surface area (Å²) in [6.45, 7) is 8.08. The first-order chi connectivity index (χ1) is 15.9. The first kappa shape index (κ1) is 23.9. The van der Waals surface area contributed by atoms with Gasteiger partial charge in [-0.3, -0.25) is 4.79 Å². The molecule has 1 fully saturated rings. The van der Waals surface area contributed by atoms with E-state index in [0.29, 0.717) is 43.5 Å². The standard InChI is InChI=1S/C25H34ClN5O2/c1-17-3-8-22-23(17)24(29-16-28-22)30-11-13-31(14-12-30)25(33)21(9-10-27-15-18(2)32)19-4-6-20(26)7-5-19/h4-7,16-18,21,27,32H,3,8-15H2,1-2H3/t17-,18?,21-/m1/s1. The number of amides is 1. The van der Waals surface area contributed by atoms with E-state index >= 15 is 0 Å². The first-order valence-electron chi connectivity index (χ1n) is 12.0. The van der Waals surface area contributed by atoms with Gasteiger partial charge in [-0.15, -0.1) is 0 Å². The van der Waals surface area contributed by atoms with Crippen LogP contribution in [0.15, 0.2) is 30.6 Å². The van der Waals surface area contributed by atoms with Crippen LogP contribution in [0.2, 0.25) is 5.02 Å². The van der Waals surface area contributed by atoms with Crippen LogP contribution in [-0.2, 0) is 11.2 Å². The van der Waals surface area contributed by atoms with E-state index < -0.39 is 6.10 Å². The van der Waals surface area contributed by atoms with Crippen molar-refractivity contribution in [2.75, 3.05) is 44.2 Å². The minimum atomic E-state index is -0.409. The van der Waals surface area contributed by atoms with Crippen LogP contribution in [0, 0.1) is 0 Å². The Morgan fingerprint density at radius 1 is 1.21 bits per heavy atom. The molecule has 7 nitrogen and oxygen atoms in total. The molecule has 2 aromatic rings. The first-order valence-corrected chi connectivity index (χ1v) is 12.3. The third-order valence-corrected chi connectivity index (χ3v) is 7.02. The largest absolute Gasteiger partial charge is 0.392 e. The number of aryl methyl sites for hydroxylation is 1. The number of anilines is 1. The normalized spacial score (nSPS) is 19.9. The van der Waals surface area contributed by atoms with E-state index in [1.54, 1.807) is 13.3 Å². The summed E-state index contributed by atoms with van der Waals surface area (Å²) in [5.41, 5.74) is 3.45. The molecular formula is C25H34ClN5O2. The van der Waals surface area contributed by atoms with Gasteiger partial charge >= 0.3 is 0 Å². The molecule has 1 aliphatic carbocycles. The number of nitrogens with one attached hydrogen (secondary N) is 1. The Kier molecular flexibility index (Phi) is 7.83. The number of carbonyl (C=O) groups is 1. The second-order valence-electron chi connectivity index (χ2n) is 9.26. The van der Waals surface area contributed by atoms with E-state index in [-0.39, 0.29) is 11.8 Å². The molecule has 1 aliphatic heterocycles. The Bertz CT molecular complexity index is 944. The fourth-order valence-corrected chi connectivity index (χ4v) is 5.05. The second kappa shape index (κ2) is 10.8. The van der Waals surface area contributed by atoms with Crippen molar-refractivity contribution in [1.29, 1.82) is 0 Å². The molecule has 0 spiro atoms. The lowest BCUT2D eigenvalue weighted by Gasteiger charge is -2.38. The summed E-state index contributed by atoms with van der Waals surface area (Å²) in [4.78, 5) is 27.0. The Morgan fingerprint density at radius 2 is 1.94 bits per heavy atom. The zero-order chi connectivity index (χ0) is 23.4. The quantitative estimate of drug-likeness (QED) is 0.576. The van der Waals surface area contributed by atoms with Crippen LogP contribution in [0.25, 0.3) is 0 Å². The molecule has 1 aromatic carbocycles. The molecular weight excluding hydrogens is 438 g/mol. The number of hydrogen-bond donors (Lipinski definition) is 2. The minimum Gasteiger partial charge on any atom is -0.392 e. The Labute approximate surface area is 201 Å². The number of rotatable bonds is 8. The Morgan fingerprint density at radius 3 is 2.64 bits per heavy atom. The molecule has 178 valence electrons. The highest BCUT2D eigenvalue weighted by molar-refractivity contribution is 6.30. The number of aliphatic hydroxyl groups is 1. The summed E-state index contributed by atoms with van der Waals surface area (Å²) in [6.07, 6.45) is 4.10. The van der Waals surface area contributed by atoms with E-state index in [4.69, 9.17) is 11.6 Å². The highest BCUT2D eigenvalue weighted by atomic mass is 35.5. The van der Waals surface area contributed by atoms with Crippen LogP contribution < -0.4 is 10.2 Å². The van der Waals surface area contributed by atoms with Crippen molar-refractivity contribution >= 4 is 23.3 Å². The third-order valence-electron chi connectivity index (χ3n) is 6.76. The summed E-state index contributed by atoms with van der Waals surface area (Å²) in [6, 6.07) is 7.58. The summed E-state index contributed by atoms with van der Waals surface area (Å²) in [5.74, 6) is 1.45. The molecule has 0 saturated carbocycles. The number of fused-ring (bicyclic) bond motifs is 1. The fourth-order valence-electron chi connectivity index (χ4n) is 4.92. The van der Waals surface area contributed by atoms with Gasteiger partial charge in [-0.2, -0.15) is 0 Å². The van der Waals surface area contributed by atoms with E-state index in [9.17, 15) is 9.90 Å². The summed E-state index contributed by atoms with van der Waals surface area (Å²) in [5, 5.41) is 13.4. The molecule has 2 aliphatic rings. The monoisotopic (exact) mass is 471 g/mol. The van der Waals surface area contributed by atoms with Crippen LogP contribution in [0.1, 0.15) is 55.3 Å². The number of aromatic nitrogens is 2. The van der Waals surface area contributed by atoms with Gasteiger partial charge in [0.15, 0.2) is 0 Å². The molecule has 2 N–H and O–H groups in total. The predicted octanol–water partition coefficient (Wildman–Crippen LogP) is 2.97. The Hall–Kier alpha value is -2.22. The highest BCUT2D eigenvalue weighted by Crippen LogP contribution is 2.37. The fraction of sp³-hybridized carbons (Fsp3) is 0.560. The summed E-state index contributed by atoms with van der Waals surface area (Å²) < 4.78 is 0. The molecule has 8 heteroatoms. The van der Waals surface area contributed by atoms with Gasteiger partial charge in [0.2, 0.25) is 5.91 Å². The zero-order valence-corrected chi connectivity index (χ0v) is 20.3. The van der Waals surface area contributed by atoms with Gasteiger partial charge in [-0.05, 0) is 56.3 Å². The molecule has 0 bridgehead atoms. The average molecular weight is 472 g/mol. The van der Waals surface area contributed by atoms with Gasteiger partial charge in [0.05, 0.1) is 12.0 Å². The lowest BCUT2D eigenvalue weighted by atomic mass is 9.93. The number of carbonyl (C=O) groups excluding carboxylic acids is 1. The van der Waals surface area contributed by atoms with Crippen molar-refractivity contribution in [3.63, 3.8) is 0 Å². The van der Waals surface area contributed by atoms with Crippen LogP contribution in [0.5, 0.6) is 0 Å². The maximum Gasteiger partial charge on any atom is 0.230 e. The number of nitrogens with zero attached hydrogens (tertiary/aromatic N) is 4. The highest BCUT2D eigenvalue weighted by Gasteiger charge is 2.31. The van der Waals surface area contributed by atoms with E-state index in [2.05, 4.69) is 27.1 Å². The number of aliphatic hydroxyl groups excluding tert-OH is 1. The molecule has 3 atom stereocenters. The smallest absolute Gasteiger partial charge is 0.230 e. The number of benzene rings is 1. The molecule has 4 rings (SSSR count). The third kappa shape index (κ3) is 5.65. The maximum absolute atomic E-state index is 13.6. The maximum atomic E-state index is 13.6. The van der Waals surface area contributed by atoms with Crippen molar-refractivity contribution in [3.8, 4) is 0 Å². The Balaban J connectivity index is 1.42. The number of piperazine rings is 1. The van der Waals surface area contributed by atoms with Gasteiger partial charge in [-0.1, -0.05) is 30.7 Å². The van der Waals surface area contributed by atoms with Crippen LogP contribution >= 0.6 is 11.6 Å². The molecule has 33 heavy (non-hydrogen) atoms. The zero-order valence-electron chi connectivity index (χ0n) is 19.5. The molecule has 2 heterocycles. The van der Waals surface area contributed by atoms with Crippen LogP contribution in [0.3, 0.4) is 0 Å². The van der Waals surface area contributed by atoms with Gasteiger partial charge in [0.25, 0.3) is 0 Å². The van der Waals surface area contributed by atoms with Gasteiger partial charge in [0, 0.05) is 49.0 Å². The van der Waals surface area contributed by atoms with E-state index in [1.165, 1.54) is 11.3 Å². The van der Waals surface area contributed by atoms with Crippen molar-refractivity contribution in [2.45, 2.75) is 51.0 Å². The second-order valence-corrected chi connectivity index (χ2v) is 9.69. The number of halogens is 1. The molecule has 0 radical (unpaired) electrons. The minimum absolute atomic E-state index is 0.150. The van der Waals surface area contributed by atoms with Crippen molar-refractivity contribution in [1.82, 2.24) is 20.2 Å². The molecule has 1 unspecified atom stereocenters. The van der Waals surface area contributed by atoms with Crippen molar-refractivity contribution in [3.05, 3.63) is 52.4 Å². The van der Waals surface area contributed by atoms with E-state index in [1.807, 2.05) is 29.2 Å². The lowest BCUT2D eigenvalue weighted by molar-refractivity contribution is -0.133. The van der Waals surface area contributed by atoms with Crippen LogP contribution in [0.4, 0.5) is 5.82 Å². The van der Waals surface area contributed by atoms with Gasteiger partial charge in [0.1, 0.15) is 12.1 Å². The van der Waals surface area contributed by atoms with Gasteiger partial charge < -0.3 is 20.2 Å². The number of hydrogen-bond acceptors (Lipinski definition) is 6. The van der Waals surface area contributed by atoms with Crippen molar-refractivity contribution in [2.24, 2.45) is 0 Å². The summed E-state index contributed by atoms with van der Waals surface area (Å²) in [7, 11) is 0. The average Bonchev–Trinajstić information content (AvgIpc) is 3.20.